The molecule has 3 nitrogen and oxygen atoms in total. The topological polar surface area (TPSA) is 50.1 Å². The van der Waals surface area contributed by atoms with Crippen molar-refractivity contribution in [3.8, 4) is 0 Å². The van der Waals surface area contributed by atoms with Crippen LogP contribution in [0.4, 0.5) is 0 Å². The van der Waals surface area contributed by atoms with Crippen molar-refractivity contribution < 1.29 is 0 Å². The van der Waals surface area contributed by atoms with Gasteiger partial charge in [-0.05, 0) is 32.7 Å². The molecule has 0 aliphatic heterocycles. The van der Waals surface area contributed by atoms with E-state index in [9.17, 15) is 0 Å². The molecule has 0 aromatic rings. The molecule has 0 bridgehead atoms. The number of rotatable bonds is 2. The van der Waals surface area contributed by atoms with Crippen LogP contribution in [0.5, 0.6) is 0 Å². The van der Waals surface area contributed by atoms with Crippen molar-refractivity contribution in [3.05, 3.63) is 0 Å². The summed E-state index contributed by atoms with van der Waals surface area (Å²) < 4.78 is 0. The third kappa shape index (κ3) is 1.94. The van der Waals surface area contributed by atoms with Crippen molar-refractivity contribution in [3.63, 3.8) is 0 Å². The predicted molar refractivity (Wildman–Crippen MR) is 42.4 cm³/mol. The SMILES string of the molecule is CN[C@H]1CC[C@H](NN)CC1. The first kappa shape index (κ1) is 7.98. The minimum Gasteiger partial charge on any atom is -0.317 e. The molecule has 0 aromatic carbocycles. The van der Waals surface area contributed by atoms with E-state index >= 15 is 0 Å². The van der Waals surface area contributed by atoms with Crippen molar-refractivity contribution in [1.82, 2.24) is 10.7 Å². The average Bonchev–Trinajstić information content (AvgIpc) is 2.05. The maximum atomic E-state index is 5.32. The molecule has 4 N–H and O–H groups in total. The Labute approximate surface area is 62.3 Å². The molecule has 0 spiro atoms. The molecule has 1 saturated carbocycles. The molecule has 0 radical (unpaired) electrons. The van der Waals surface area contributed by atoms with E-state index < -0.39 is 0 Å². The Kier molecular flexibility index (Phi) is 3.12. The van der Waals surface area contributed by atoms with Crippen LogP contribution >= 0.6 is 0 Å². The molecule has 0 saturated heterocycles. The van der Waals surface area contributed by atoms with E-state index in [0.29, 0.717) is 6.04 Å². The fraction of sp³-hybridized carbons (Fsp3) is 1.00. The molecule has 0 heterocycles. The minimum absolute atomic E-state index is 0.560. The number of nitrogens with two attached hydrogens (primary N) is 1. The van der Waals surface area contributed by atoms with E-state index in [-0.39, 0.29) is 0 Å². The fourth-order valence-corrected chi connectivity index (χ4v) is 1.55. The summed E-state index contributed by atoms with van der Waals surface area (Å²) in [6.45, 7) is 0. The van der Waals surface area contributed by atoms with Gasteiger partial charge in [0.1, 0.15) is 0 Å². The van der Waals surface area contributed by atoms with Gasteiger partial charge in [0.15, 0.2) is 0 Å². The van der Waals surface area contributed by atoms with Gasteiger partial charge in [0, 0.05) is 12.1 Å². The van der Waals surface area contributed by atoms with Gasteiger partial charge >= 0.3 is 0 Å². The first-order valence-corrected chi connectivity index (χ1v) is 4.00. The zero-order chi connectivity index (χ0) is 7.40. The van der Waals surface area contributed by atoms with E-state index in [1.807, 2.05) is 7.05 Å². The second-order valence-electron chi connectivity index (χ2n) is 3.00. The van der Waals surface area contributed by atoms with E-state index in [1.54, 1.807) is 0 Å². The summed E-state index contributed by atoms with van der Waals surface area (Å²) in [6.07, 6.45) is 4.93. The van der Waals surface area contributed by atoms with E-state index in [2.05, 4.69) is 10.7 Å². The number of hydrazine groups is 1. The number of hydrogen-bond acceptors (Lipinski definition) is 3. The zero-order valence-electron chi connectivity index (χ0n) is 6.56. The molecule has 60 valence electrons. The van der Waals surface area contributed by atoms with Crippen LogP contribution in [0, 0.1) is 0 Å². The monoisotopic (exact) mass is 143 g/mol. The van der Waals surface area contributed by atoms with Crippen molar-refractivity contribution in [2.45, 2.75) is 37.8 Å². The summed E-state index contributed by atoms with van der Waals surface area (Å²) in [5, 5.41) is 3.28. The van der Waals surface area contributed by atoms with Gasteiger partial charge in [0.05, 0.1) is 0 Å². The smallest absolute Gasteiger partial charge is 0.0211 e. The Morgan fingerprint density at radius 1 is 1.10 bits per heavy atom. The molecule has 1 rings (SSSR count). The van der Waals surface area contributed by atoms with Crippen molar-refractivity contribution in [2.75, 3.05) is 7.05 Å². The van der Waals surface area contributed by atoms with Crippen LogP contribution in [-0.2, 0) is 0 Å². The molecule has 1 aliphatic rings. The Morgan fingerprint density at radius 3 is 2.00 bits per heavy atom. The molecule has 0 aromatic heterocycles. The summed E-state index contributed by atoms with van der Waals surface area (Å²) in [4.78, 5) is 0. The molecule has 3 heteroatoms. The molecule has 1 fully saturated rings. The molecule has 0 atom stereocenters. The molecule has 0 unspecified atom stereocenters. The maximum absolute atomic E-state index is 5.32. The van der Waals surface area contributed by atoms with Crippen LogP contribution < -0.4 is 16.6 Å². The normalized spacial score (nSPS) is 34.2. The fourth-order valence-electron chi connectivity index (χ4n) is 1.55. The summed E-state index contributed by atoms with van der Waals surface area (Å²) in [5.41, 5.74) is 2.82. The lowest BCUT2D eigenvalue weighted by Crippen LogP contribution is -2.41. The van der Waals surface area contributed by atoms with Crippen LogP contribution in [0.15, 0.2) is 0 Å². The van der Waals surface area contributed by atoms with Crippen LogP contribution in [0.3, 0.4) is 0 Å². The zero-order valence-corrected chi connectivity index (χ0v) is 6.56. The molecular weight excluding hydrogens is 126 g/mol. The van der Waals surface area contributed by atoms with Gasteiger partial charge < -0.3 is 5.32 Å². The van der Waals surface area contributed by atoms with Crippen molar-refractivity contribution >= 4 is 0 Å². The highest BCUT2D eigenvalue weighted by molar-refractivity contribution is 4.78. The first-order valence-electron chi connectivity index (χ1n) is 4.00. The summed E-state index contributed by atoms with van der Waals surface area (Å²) >= 11 is 0. The van der Waals surface area contributed by atoms with Crippen LogP contribution in [-0.4, -0.2) is 19.1 Å². The Morgan fingerprint density at radius 2 is 1.60 bits per heavy atom. The molecular formula is C7H17N3. The van der Waals surface area contributed by atoms with Gasteiger partial charge in [-0.25, -0.2) is 0 Å². The van der Waals surface area contributed by atoms with Gasteiger partial charge in [0.25, 0.3) is 0 Å². The lowest BCUT2D eigenvalue weighted by atomic mass is 9.92. The van der Waals surface area contributed by atoms with Crippen molar-refractivity contribution in [2.24, 2.45) is 5.84 Å². The van der Waals surface area contributed by atoms with Crippen LogP contribution in [0.1, 0.15) is 25.7 Å². The molecule has 10 heavy (non-hydrogen) atoms. The quantitative estimate of drug-likeness (QED) is 0.376. The highest BCUT2D eigenvalue weighted by Gasteiger charge is 2.17. The van der Waals surface area contributed by atoms with Gasteiger partial charge in [-0.3, -0.25) is 11.3 Å². The highest BCUT2D eigenvalue weighted by Crippen LogP contribution is 2.17. The predicted octanol–water partition coefficient (Wildman–Crippen LogP) is -0.0197. The lowest BCUT2D eigenvalue weighted by molar-refractivity contribution is 0.321. The third-order valence-corrected chi connectivity index (χ3v) is 2.37. The summed E-state index contributed by atoms with van der Waals surface area (Å²) in [5.74, 6) is 5.32. The molecule has 0 amide bonds. The Bertz CT molecular complexity index is 74.9. The second-order valence-corrected chi connectivity index (χ2v) is 3.00. The van der Waals surface area contributed by atoms with Gasteiger partial charge in [-0.2, -0.15) is 0 Å². The second kappa shape index (κ2) is 3.91. The minimum atomic E-state index is 0.560. The molecule has 1 aliphatic carbocycles. The lowest BCUT2D eigenvalue weighted by Gasteiger charge is -2.27. The van der Waals surface area contributed by atoms with Crippen LogP contribution in [0.25, 0.3) is 0 Å². The number of nitrogens with one attached hydrogen (secondary N) is 2. The summed E-state index contributed by atoms with van der Waals surface area (Å²) in [7, 11) is 2.03. The Hall–Kier alpha value is -0.120. The van der Waals surface area contributed by atoms with E-state index in [4.69, 9.17) is 5.84 Å². The van der Waals surface area contributed by atoms with E-state index in [0.717, 1.165) is 6.04 Å². The summed E-state index contributed by atoms with van der Waals surface area (Å²) in [6, 6.07) is 1.29. The van der Waals surface area contributed by atoms with Gasteiger partial charge in [0.2, 0.25) is 0 Å². The largest absolute Gasteiger partial charge is 0.317 e. The standard InChI is InChI=1S/C7H17N3/c1-9-6-2-4-7(10-8)5-3-6/h6-7,9-10H,2-5,8H2,1H3/t6-,7-. The van der Waals surface area contributed by atoms with Gasteiger partial charge in [-0.15, -0.1) is 0 Å². The van der Waals surface area contributed by atoms with E-state index in [1.165, 1.54) is 25.7 Å². The number of hydrogen-bond donors (Lipinski definition) is 3. The van der Waals surface area contributed by atoms with Crippen LogP contribution in [0.2, 0.25) is 0 Å². The maximum Gasteiger partial charge on any atom is 0.0211 e. The van der Waals surface area contributed by atoms with Crippen molar-refractivity contribution in [1.29, 1.82) is 0 Å². The highest BCUT2D eigenvalue weighted by atomic mass is 15.2. The van der Waals surface area contributed by atoms with Gasteiger partial charge in [-0.1, -0.05) is 0 Å². The Balaban J connectivity index is 2.17. The third-order valence-electron chi connectivity index (χ3n) is 2.37. The average molecular weight is 143 g/mol. The first-order chi connectivity index (χ1) is 4.86.